The van der Waals surface area contributed by atoms with Gasteiger partial charge in [0.05, 0.1) is 32.5 Å². The average molecular weight is 518 g/mol. The van der Waals surface area contributed by atoms with Crippen molar-refractivity contribution in [3.05, 3.63) is 77.8 Å². The molecule has 0 spiro atoms. The number of carbonyl (C=O) groups is 2. The highest BCUT2D eigenvalue weighted by molar-refractivity contribution is 9.11. The number of benzene rings is 1. The van der Waals surface area contributed by atoms with Gasteiger partial charge in [0, 0.05) is 34.7 Å². The van der Waals surface area contributed by atoms with E-state index in [0.717, 1.165) is 8.66 Å². The molecule has 0 fully saturated rings. The van der Waals surface area contributed by atoms with E-state index in [9.17, 15) is 19.7 Å². The highest BCUT2D eigenvalue weighted by Gasteiger charge is 2.43. The van der Waals surface area contributed by atoms with Crippen LogP contribution in [0.4, 0.5) is 11.4 Å². The van der Waals surface area contributed by atoms with Gasteiger partial charge >= 0.3 is 5.97 Å². The van der Waals surface area contributed by atoms with Crippen LogP contribution in [0.1, 0.15) is 37.0 Å². The quantitative estimate of drug-likeness (QED) is 0.345. The number of ketones is 1. The molecule has 2 aliphatic rings. The molecule has 166 valence electrons. The Morgan fingerprint density at radius 1 is 1.34 bits per heavy atom. The maximum absolute atomic E-state index is 13.2. The molecule has 2 heterocycles. The minimum Gasteiger partial charge on any atom is -0.463 e. The van der Waals surface area contributed by atoms with Gasteiger partial charge in [-0.25, -0.2) is 4.79 Å². The molecule has 1 unspecified atom stereocenters. The Hall–Kier alpha value is -2.98. The molecule has 0 saturated heterocycles. The third-order valence-corrected chi connectivity index (χ3v) is 7.15. The number of ether oxygens (including phenoxy) is 1. The van der Waals surface area contributed by atoms with Crippen molar-refractivity contribution in [3.63, 3.8) is 0 Å². The van der Waals surface area contributed by atoms with Crippen LogP contribution in [0.25, 0.3) is 0 Å². The summed E-state index contributed by atoms with van der Waals surface area (Å²) in [5.74, 6) is -1.21. The Balaban J connectivity index is 1.99. The van der Waals surface area contributed by atoms with Gasteiger partial charge in [-0.2, -0.15) is 0 Å². The predicted octanol–water partition coefficient (Wildman–Crippen LogP) is 4.76. The summed E-state index contributed by atoms with van der Waals surface area (Å²) in [5, 5.41) is 11.3. The Morgan fingerprint density at radius 2 is 2.12 bits per heavy atom. The lowest BCUT2D eigenvalue weighted by Gasteiger charge is -2.40. The van der Waals surface area contributed by atoms with Crippen molar-refractivity contribution < 1.29 is 19.2 Å². The van der Waals surface area contributed by atoms with Gasteiger partial charge < -0.3 is 10.5 Å². The molecular formula is C22H20BrN3O5S. The van der Waals surface area contributed by atoms with Gasteiger partial charge in [0.2, 0.25) is 0 Å². The summed E-state index contributed by atoms with van der Waals surface area (Å²) >= 11 is 4.88. The summed E-state index contributed by atoms with van der Waals surface area (Å²) in [7, 11) is 0. The van der Waals surface area contributed by atoms with Crippen LogP contribution in [0.5, 0.6) is 0 Å². The smallest absolute Gasteiger partial charge is 0.338 e. The maximum atomic E-state index is 13.2. The molecule has 1 aliphatic carbocycles. The highest BCUT2D eigenvalue weighted by atomic mass is 79.9. The van der Waals surface area contributed by atoms with E-state index >= 15 is 0 Å². The lowest BCUT2D eigenvalue weighted by atomic mass is 9.77. The first-order valence-corrected chi connectivity index (χ1v) is 11.7. The van der Waals surface area contributed by atoms with Gasteiger partial charge in [-0.3, -0.25) is 19.8 Å². The SMILES string of the molecule is CCOC(=O)C1=C(N)N(c2cccc([N+](=O)[O-])c2)C2=C(C(=O)CCC2)C1c1ccc(Br)s1. The number of nitro benzene ring substituents is 1. The Bertz CT molecular complexity index is 1190. The first kappa shape index (κ1) is 22.2. The number of nitro groups is 1. The molecule has 2 aromatic rings. The molecule has 2 N–H and O–H groups in total. The molecule has 1 aromatic heterocycles. The van der Waals surface area contributed by atoms with Crippen molar-refractivity contribution in [1.29, 1.82) is 0 Å². The van der Waals surface area contributed by atoms with Crippen LogP contribution in [0.2, 0.25) is 0 Å². The van der Waals surface area contributed by atoms with Crippen molar-refractivity contribution in [1.82, 2.24) is 0 Å². The van der Waals surface area contributed by atoms with Gasteiger partial charge in [0.1, 0.15) is 5.82 Å². The lowest BCUT2D eigenvalue weighted by Crippen LogP contribution is -2.40. The summed E-state index contributed by atoms with van der Waals surface area (Å²) in [6.07, 6.45) is 1.55. The lowest BCUT2D eigenvalue weighted by molar-refractivity contribution is -0.384. The summed E-state index contributed by atoms with van der Waals surface area (Å²) in [6.45, 7) is 1.84. The van der Waals surface area contributed by atoms with Crippen molar-refractivity contribution in [2.24, 2.45) is 5.73 Å². The minimum absolute atomic E-state index is 0.0644. The number of non-ortho nitro benzene ring substituents is 1. The molecule has 1 aromatic carbocycles. The fraction of sp³-hybridized carbons (Fsp3) is 0.273. The van der Waals surface area contributed by atoms with Gasteiger partial charge in [0.15, 0.2) is 5.78 Å². The number of thiophene rings is 1. The predicted molar refractivity (Wildman–Crippen MR) is 124 cm³/mol. The fourth-order valence-corrected chi connectivity index (χ4v) is 5.75. The number of allylic oxidation sites excluding steroid dienone is 2. The third-order valence-electron chi connectivity index (χ3n) is 5.47. The van der Waals surface area contributed by atoms with Crippen molar-refractivity contribution >= 4 is 50.4 Å². The second-order valence-electron chi connectivity index (χ2n) is 7.34. The number of hydrogen-bond donors (Lipinski definition) is 1. The molecule has 0 radical (unpaired) electrons. The fourth-order valence-electron chi connectivity index (χ4n) is 4.20. The standard InChI is InChI=1S/C22H20BrN3O5S/c1-2-31-22(28)20-19(16-9-10-17(23)32-16)18-14(7-4-8-15(18)27)25(21(20)24)12-5-3-6-13(11-12)26(29)30/h3,5-6,9-11,19H,2,4,7-8,24H2,1H3. The number of hydrogen-bond acceptors (Lipinski definition) is 8. The minimum atomic E-state index is -0.650. The molecule has 8 nitrogen and oxygen atoms in total. The number of Topliss-reactive ketones (excluding diaryl/α,β-unsaturated/α-hetero) is 1. The monoisotopic (exact) mass is 517 g/mol. The van der Waals surface area contributed by atoms with E-state index in [1.807, 2.05) is 12.1 Å². The largest absolute Gasteiger partial charge is 0.463 e. The van der Waals surface area contributed by atoms with E-state index in [-0.39, 0.29) is 29.5 Å². The summed E-state index contributed by atoms with van der Waals surface area (Å²) in [6, 6.07) is 9.72. The van der Waals surface area contributed by atoms with Crippen LogP contribution < -0.4 is 10.6 Å². The van der Waals surface area contributed by atoms with Crippen LogP contribution in [-0.4, -0.2) is 23.3 Å². The van der Waals surface area contributed by atoms with E-state index in [2.05, 4.69) is 15.9 Å². The van der Waals surface area contributed by atoms with Crippen LogP contribution in [-0.2, 0) is 14.3 Å². The molecule has 1 aliphatic heterocycles. The van der Waals surface area contributed by atoms with Crippen LogP contribution >= 0.6 is 27.3 Å². The summed E-state index contributed by atoms with van der Waals surface area (Å²) in [5.41, 5.74) is 8.23. The first-order valence-electron chi connectivity index (χ1n) is 10.1. The van der Waals surface area contributed by atoms with Crippen LogP contribution in [0.3, 0.4) is 0 Å². The Labute approximate surface area is 196 Å². The molecule has 0 amide bonds. The number of carbonyl (C=O) groups excluding carboxylic acids is 2. The molecule has 4 rings (SSSR count). The Kier molecular flexibility index (Phi) is 6.16. The topological polar surface area (TPSA) is 116 Å². The number of esters is 1. The second-order valence-corrected chi connectivity index (χ2v) is 9.84. The molecule has 0 bridgehead atoms. The van der Waals surface area contributed by atoms with E-state index in [1.54, 1.807) is 24.0 Å². The van der Waals surface area contributed by atoms with Crippen molar-refractivity contribution in [3.8, 4) is 0 Å². The first-order chi connectivity index (χ1) is 15.3. The average Bonchev–Trinajstić information content (AvgIpc) is 3.19. The zero-order chi connectivity index (χ0) is 23.0. The summed E-state index contributed by atoms with van der Waals surface area (Å²) < 4.78 is 6.18. The molecule has 10 heteroatoms. The number of halogens is 1. The van der Waals surface area contributed by atoms with E-state index in [0.29, 0.717) is 36.2 Å². The number of anilines is 1. The second kappa shape index (κ2) is 8.87. The number of nitrogens with two attached hydrogens (primary N) is 1. The molecule has 32 heavy (non-hydrogen) atoms. The van der Waals surface area contributed by atoms with E-state index < -0.39 is 16.8 Å². The highest BCUT2D eigenvalue weighted by Crippen LogP contribution is 2.48. The van der Waals surface area contributed by atoms with Gasteiger partial charge in [-0.15, -0.1) is 11.3 Å². The van der Waals surface area contributed by atoms with Gasteiger partial charge in [-0.1, -0.05) is 6.07 Å². The molecular weight excluding hydrogens is 498 g/mol. The number of rotatable bonds is 5. The number of nitrogens with zero attached hydrogens (tertiary/aromatic N) is 2. The van der Waals surface area contributed by atoms with Gasteiger partial charge in [-0.05, 0) is 53.9 Å². The van der Waals surface area contributed by atoms with Crippen LogP contribution in [0.15, 0.2) is 62.8 Å². The zero-order valence-corrected chi connectivity index (χ0v) is 19.6. The normalized spacial score (nSPS) is 18.6. The van der Waals surface area contributed by atoms with Crippen molar-refractivity contribution in [2.75, 3.05) is 11.5 Å². The maximum Gasteiger partial charge on any atom is 0.338 e. The van der Waals surface area contributed by atoms with Crippen LogP contribution in [0, 0.1) is 10.1 Å². The third kappa shape index (κ3) is 3.84. The molecule has 0 saturated carbocycles. The summed E-state index contributed by atoms with van der Waals surface area (Å²) in [4.78, 5) is 39.5. The Morgan fingerprint density at radius 3 is 2.78 bits per heavy atom. The van der Waals surface area contributed by atoms with Gasteiger partial charge in [0.25, 0.3) is 5.69 Å². The van der Waals surface area contributed by atoms with E-state index in [1.165, 1.54) is 23.5 Å². The molecule has 1 atom stereocenters. The van der Waals surface area contributed by atoms with Crippen molar-refractivity contribution in [2.45, 2.75) is 32.1 Å². The van der Waals surface area contributed by atoms with E-state index in [4.69, 9.17) is 10.5 Å². The zero-order valence-electron chi connectivity index (χ0n) is 17.2.